The molecule has 7 nitrogen and oxygen atoms in total. The number of aromatic nitrogens is 2. The zero-order valence-electron chi connectivity index (χ0n) is 16.5. The highest BCUT2D eigenvalue weighted by Crippen LogP contribution is 2.21. The van der Waals surface area contributed by atoms with Crippen LogP contribution in [0.1, 0.15) is 37.9 Å². The maximum Gasteiger partial charge on any atom is 0.279 e. The Morgan fingerprint density at radius 1 is 1.34 bits per heavy atom. The maximum atomic E-state index is 13.6. The molecule has 0 fully saturated rings. The Morgan fingerprint density at radius 3 is 2.76 bits per heavy atom. The van der Waals surface area contributed by atoms with E-state index in [0.717, 1.165) is 12.8 Å². The summed E-state index contributed by atoms with van der Waals surface area (Å²) < 4.78 is 20.5. The fourth-order valence-electron chi connectivity index (χ4n) is 2.42. The van der Waals surface area contributed by atoms with E-state index in [2.05, 4.69) is 22.9 Å². The number of halogens is 2. The molecule has 29 heavy (non-hydrogen) atoms. The molecule has 1 aromatic carbocycles. The van der Waals surface area contributed by atoms with Crippen LogP contribution in [-0.4, -0.2) is 27.7 Å². The van der Waals surface area contributed by atoms with Gasteiger partial charge in [-0.05, 0) is 38.5 Å². The summed E-state index contributed by atoms with van der Waals surface area (Å²) in [5.74, 6) is -1.82. The predicted octanol–water partition coefficient (Wildman–Crippen LogP) is 3.41. The Bertz CT molecular complexity index is 898. The van der Waals surface area contributed by atoms with Crippen molar-refractivity contribution in [3.05, 3.63) is 52.6 Å². The molecule has 1 aromatic heterocycles. The molecule has 2 amide bonds. The van der Waals surface area contributed by atoms with E-state index >= 15 is 0 Å². The molecule has 0 aliphatic heterocycles. The van der Waals surface area contributed by atoms with Crippen LogP contribution < -0.4 is 15.6 Å². The van der Waals surface area contributed by atoms with E-state index in [-0.39, 0.29) is 5.75 Å². The highest BCUT2D eigenvalue weighted by atomic mass is 35.5. The van der Waals surface area contributed by atoms with Gasteiger partial charge in [0.1, 0.15) is 5.15 Å². The first-order valence-electron chi connectivity index (χ1n) is 9.25. The van der Waals surface area contributed by atoms with Crippen LogP contribution >= 0.6 is 11.6 Å². The number of nitrogens with one attached hydrogen (secondary N) is 2. The highest BCUT2D eigenvalue weighted by molar-refractivity contribution is 6.31. The third-order valence-electron chi connectivity index (χ3n) is 4.05. The van der Waals surface area contributed by atoms with Crippen molar-refractivity contribution in [2.75, 3.05) is 0 Å². The Balaban J connectivity index is 1.88. The van der Waals surface area contributed by atoms with E-state index in [1.165, 1.54) is 37.3 Å². The fourth-order valence-corrected chi connectivity index (χ4v) is 2.74. The molecule has 0 aliphatic carbocycles. The summed E-state index contributed by atoms with van der Waals surface area (Å²) in [6, 6.07) is 5.74. The number of ether oxygens (including phenoxy) is 1. The molecule has 0 radical (unpaired) electrons. The molecule has 2 N–H and O–H groups in total. The second kappa shape index (κ2) is 10.6. The van der Waals surface area contributed by atoms with E-state index in [1.807, 2.05) is 0 Å². The van der Waals surface area contributed by atoms with Crippen LogP contribution in [0.25, 0.3) is 6.08 Å². The number of nitrogens with zero attached hydrogens (tertiary/aromatic N) is 2. The summed E-state index contributed by atoms with van der Waals surface area (Å²) in [7, 11) is 0. The number of aryl methyl sites for hydroxylation is 2. The topological polar surface area (TPSA) is 85.3 Å². The summed E-state index contributed by atoms with van der Waals surface area (Å²) in [4.78, 5) is 24.0. The molecule has 156 valence electrons. The number of rotatable bonds is 8. The second-order valence-corrected chi connectivity index (χ2v) is 6.73. The maximum absolute atomic E-state index is 13.6. The van der Waals surface area contributed by atoms with Gasteiger partial charge in [0.15, 0.2) is 17.7 Å². The first kappa shape index (κ1) is 22.4. The third kappa shape index (κ3) is 6.32. The quantitative estimate of drug-likeness (QED) is 0.504. The first-order valence-corrected chi connectivity index (χ1v) is 9.63. The van der Waals surface area contributed by atoms with Crippen molar-refractivity contribution in [3.63, 3.8) is 0 Å². The van der Waals surface area contributed by atoms with E-state index in [1.54, 1.807) is 17.7 Å². The summed E-state index contributed by atoms with van der Waals surface area (Å²) >= 11 is 6.31. The van der Waals surface area contributed by atoms with Crippen molar-refractivity contribution >= 4 is 29.5 Å². The summed E-state index contributed by atoms with van der Waals surface area (Å²) in [6.45, 7) is 6.02. The lowest BCUT2D eigenvalue weighted by molar-refractivity contribution is -0.131. The summed E-state index contributed by atoms with van der Waals surface area (Å²) in [6.07, 6.45) is 3.73. The van der Waals surface area contributed by atoms with Crippen LogP contribution in [-0.2, 0) is 16.1 Å². The van der Waals surface area contributed by atoms with E-state index in [0.29, 0.717) is 23.0 Å². The van der Waals surface area contributed by atoms with Gasteiger partial charge >= 0.3 is 0 Å². The molecular formula is C20H24ClFN4O3. The third-order valence-corrected chi connectivity index (χ3v) is 4.45. The van der Waals surface area contributed by atoms with Gasteiger partial charge in [-0.1, -0.05) is 37.1 Å². The number of para-hydroxylation sites is 1. The van der Waals surface area contributed by atoms with E-state index in [4.69, 9.17) is 16.3 Å². The molecule has 1 atom stereocenters. The first-order chi connectivity index (χ1) is 13.8. The SMILES string of the molecule is CCCCn1nc(C)c(C=CC(=O)NNC(=O)C(C)Oc2ccccc2F)c1Cl. The number of hydrogen-bond acceptors (Lipinski definition) is 4. The van der Waals surface area contributed by atoms with Gasteiger partial charge in [0.05, 0.1) is 5.69 Å². The fraction of sp³-hybridized carbons (Fsp3) is 0.350. The van der Waals surface area contributed by atoms with Crippen LogP contribution in [0.15, 0.2) is 30.3 Å². The molecule has 0 aliphatic rings. The van der Waals surface area contributed by atoms with Crippen molar-refractivity contribution in [3.8, 4) is 5.75 Å². The van der Waals surface area contributed by atoms with E-state index in [9.17, 15) is 14.0 Å². The number of amides is 2. The van der Waals surface area contributed by atoms with Crippen molar-refractivity contribution in [2.24, 2.45) is 0 Å². The normalized spacial score (nSPS) is 12.0. The van der Waals surface area contributed by atoms with Crippen LogP contribution in [0.2, 0.25) is 5.15 Å². The van der Waals surface area contributed by atoms with Gasteiger partial charge in [-0.2, -0.15) is 5.10 Å². The molecular weight excluding hydrogens is 399 g/mol. The van der Waals surface area contributed by atoms with Gasteiger partial charge in [0.2, 0.25) is 0 Å². The Hall–Kier alpha value is -2.87. The minimum absolute atomic E-state index is 0.0495. The minimum Gasteiger partial charge on any atom is -0.478 e. The molecule has 0 saturated heterocycles. The summed E-state index contributed by atoms with van der Waals surface area (Å²) in [5.41, 5.74) is 5.81. The Morgan fingerprint density at radius 2 is 2.07 bits per heavy atom. The Labute approximate surface area is 173 Å². The van der Waals surface area contributed by atoms with Crippen molar-refractivity contribution in [2.45, 2.75) is 46.3 Å². The highest BCUT2D eigenvalue weighted by Gasteiger charge is 2.17. The van der Waals surface area contributed by atoms with Gasteiger partial charge < -0.3 is 4.74 Å². The van der Waals surface area contributed by atoms with Crippen LogP contribution in [0.5, 0.6) is 5.75 Å². The average molecular weight is 423 g/mol. The molecule has 2 aromatic rings. The number of hydrogen-bond donors (Lipinski definition) is 2. The van der Waals surface area contributed by atoms with Crippen LogP contribution in [0.3, 0.4) is 0 Å². The molecule has 0 bridgehead atoms. The molecule has 2 rings (SSSR count). The molecule has 9 heteroatoms. The second-order valence-electron chi connectivity index (χ2n) is 6.37. The van der Waals surface area contributed by atoms with Crippen LogP contribution in [0.4, 0.5) is 4.39 Å². The Kier molecular flexibility index (Phi) is 8.21. The van der Waals surface area contributed by atoms with Gasteiger partial charge in [0.25, 0.3) is 11.8 Å². The smallest absolute Gasteiger partial charge is 0.279 e. The van der Waals surface area contributed by atoms with Crippen molar-refractivity contribution in [1.29, 1.82) is 0 Å². The lowest BCUT2D eigenvalue weighted by Crippen LogP contribution is -2.46. The number of carbonyl (C=O) groups excluding carboxylic acids is 2. The minimum atomic E-state index is -1.01. The molecule has 1 unspecified atom stereocenters. The largest absolute Gasteiger partial charge is 0.478 e. The summed E-state index contributed by atoms with van der Waals surface area (Å²) in [5, 5.41) is 4.81. The standard InChI is InChI=1S/C20H24ClFN4O3/c1-4-5-12-26-19(21)15(13(2)25-26)10-11-18(27)23-24-20(28)14(3)29-17-9-7-6-8-16(17)22/h6-11,14H,4-5,12H2,1-3H3,(H,23,27)(H,24,28). The van der Waals surface area contributed by atoms with Crippen LogP contribution in [0, 0.1) is 12.7 Å². The lowest BCUT2D eigenvalue weighted by atomic mass is 10.2. The van der Waals surface area contributed by atoms with Gasteiger partial charge in [-0.3, -0.25) is 25.1 Å². The lowest BCUT2D eigenvalue weighted by Gasteiger charge is -2.15. The molecule has 0 saturated carbocycles. The number of unbranched alkanes of at least 4 members (excludes halogenated alkanes) is 1. The predicted molar refractivity (Wildman–Crippen MR) is 109 cm³/mol. The number of benzene rings is 1. The average Bonchev–Trinajstić information content (AvgIpc) is 2.97. The number of carbonyl (C=O) groups is 2. The molecule has 0 spiro atoms. The van der Waals surface area contributed by atoms with Crippen molar-refractivity contribution < 1.29 is 18.7 Å². The van der Waals surface area contributed by atoms with E-state index < -0.39 is 23.7 Å². The number of hydrazine groups is 1. The zero-order chi connectivity index (χ0) is 21.4. The molecule has 1 heterocycles. The monoisotopic (exact) mass is 422 g/mol. The van der Waals surface area contributed by atoms with Gasteiger partial charge in [-0.25, -0.2) is 4.39 Å². The van der Waals surface area contributed by atoms with Crippen molar-refractivity contribution in [1.82, 2.24) is 20.6 Å². The van der Waals surface area contributed by atoms with Gasteiger partial charge in [-0.15, -0.1) is 0 Å². The zero-order valence-corrected chi connectivity index (χ0v) is 17.3. The van der Waals surface area contributed by atoms with Gasteiger partial charge in [0, 0.05) is 18.2 Å².